The monoisotopic (exact) mass is 805 g/mol. The summed E-state index contributed by atoms with van der Waals surface area (Å²) in [5.74, 6) is 4.52. The van der Waals surface area contributed by atoms with E-state index in [0.717, 1.165) is 117 Å². The molecule has 0 radical (unpaired) electrons. The highest BCUT2D eigenvalue weighted by molar-refractivity contribution is 6.34. The number of hydrogen-bond acceptors (Lipinski definition) is 13. The molecule has 2 fully saturated rings. The number of rotatable bonds is 10. The first-order chi connectivity index (χ1) is 28.4. The standard InChI is InChI=1S/C25H25N5O3.C17H19ClN4O3/c1-2-18-5-3-6-19(13-18)28-25-20-14-22-23(15-21(20)26-17-27-25)33-16-24(31)30(22)8-4-7-29-9-11-32-12-10-29;18-17-12-8-14-15(9-13(12)19-11-20-17)25-10-16(23)22(14)3-1-2-21-4-6-24-7-5-21/h1,3,5-6,13-15,17H,4,7-12,16H2,(H,26,27,28);8-9,11H,1-7,10H2. The van der Waals surface area contributed by atoms with Gasteiger partial charge in [-0.15, -0.1) is 6.42 Å². The number of ether oxygens (including phenoxy) is 4. The molecule has 3 aromatic carbocycles. The van der Waals surface area contributed by atoms with Crippen molar-refractivity contribution in [2.24, 2.45) is 0 Å². The number of carbonyl (C=O) groups excluding carboxylic acids is 2. The second-order valence-electron chi connectivity index (χ2n) is 14.2. The first kappa shape index (κ1) is 39.2. The minimum Gasteiger partial charge on any atom is -0.481 e. The molecule has 1 N–H and O–H groups in total. The summed E-state index contributed by atoms with van der Waals surface area (Å²) >= 11 is 6.18. The van der Waals surface area contributed by atoms with Crippen molar-refractivity contribution in [3.8, 4) is 23.8 Å². The van der Waals surface area contributed by atoms with Crippen LogP contribution in [0.3, 0.4) is 0 Å². The van der Waals surface area contributed by atoms with E-state index in [1.807, 2.05) is 53.4 Å². The third kappa shape index (κ3) is 9.07. The zero-order valence-corrected chi connectivity index (χ0v) is 32.8. The maximum atomic E-state index is 12.7. The number of halogens is 1. The van der Waals surface area contributed by atoms with E-state index in [0.29, 0.717) is 41.1 Å². The number of aromatic nitrogens is 4. The Morgan fingerprint density at radius 1 is 0.690 bits per heavy atom. The maximum absolute atomic E-state index is 12.7. The molecule has 0 aliphatic carbocycles. The average molecular weight is 806 g/mol. The molecule has 58 heavy (non-hydrogen) atoms. The van der Waals surface area contributed by atoms with Gasteiger partial charge in [0, 0.05) is 86.5 Å². The van der Waals surface area contributed by atoms with Gasteiger partial charge in [-0.3, -0.25) is 19.4 Å². The second-order valence-corrected chi connectivity index (χ2v) is 14.6. The van der Waals surface area contributed by atoms with Gasteiger partial charge in [-0.1, -0.05) is 23.6 Å². The minimum absolute atomic E-state index is 0.0329. The Labute approximate surface area is 341 Å². The fraction of sp³-hybridized carbons (Fsp3) is 0.381. The van der Waals surface area contributed by atoms with Gasteiger partial charge < -0.3 is 34.1 Å². The fourth-order valence-electron chi connectivity index (χ4n) is 7.44. The van der Waals surface area contributed by atoms with Crippen LogP contribution in [0, 0.1) is 12.3 Å². The van der Waals surface area contributed by atoms with E-state index >= 15 is 0 Å². The number of fused-ring (bicyclic) bond motifs is 4. The summed E-state index contributed by atoms with van der Waals surface area (Å²) in [5, 5.41) is 5.23. The zero-order chi connectivity index (χ0) is 39.8. The number of benzene rings is 3. The number of nitrogens with one attached hydrogen (secondary N) is 1. The Morgan fingerprint density at radius 2 is 1.24 bits per heavy atom. The van der Waals surface area contributed by atoms with E-state index in [-0.39, 0.29) is 25.0 Å². The van der Waals surface area contributed by atoms with Crippen molar-refractivity contribution in [1.82, 2.24) is 29.7 Å². The summed E-state index contributed by atoms with van der Waals surface area (Å²) in [7, 11) is 0. The summed E-state index contributed by atoms with van der Waals surface area (Å²) < 4.78 is 22.1. The number of morpholine rings is 2. The lowest BCUT2D eigenvalue weighted by Crippen LogP contribution is -2.42. The van der Waals surface area contributed by atoms with Crippen LogP contribution in [0.25, 0.3) is 21.8 Å². The Bertz CT molecular complexity index is 2330. The molecule has 16 heteroatoms. The van der Waals surface area contributed by atoms with Crippen molar-refractivity contribution in [1.29, 1.82) is 0 Å². The number of nitrogens with zero attached hydrogens (tertiary/aromatic N) is 8. The molecule has 15 nitrogen and oxygen atoms in total. The van der Waals surface area contributed by atoms with Crippen molar-refractivity contribution in [3.05, 3.63) is 71.9 Å². The van der Waals surface area contributed by atoms with Gasteiger partial charge in [0.1, 0.15) is 35.1 Å². The highest BCUT2D eigenvalue weighted by Gasteiger charge is 2.28. The molecule has 300 valence electrons. The number of hydrogen-bond donors (Lipinski definition) is 1. The third-order valence-electron chi connectivity index (χ3n) is 10.5. The van der Waals surface area contributed by atoms with E-state index in [2.05, 4.69) is 41.0 Å². The molecule has 5 aromatic rings. The first-order valence-electron chi connectivity index (χ1n) is 19.5. The van der Waals surface area contributed by atoms with E-state index in [9.17, 15) is 9.59 Å². The van der Waals surface area contributed by atoms with Crippen LogP contribution in [0.4, 0.5) is 22.9 Å². The molecule has 9 rings (SSSR count). The Balaban J connectivity index is 0.000000168. The van der Waals surface area contributed by atoms with E-state index < -0.39 is 0 Å². The van der Waals surface area contributed by atoms with Gasteiger partial charge in [-0.25, -0.2) is 19.9 Å². The molecule has 4 aliphatic heterocycles. The Kier molecular flexibility index (Phi) is 12.4. The maximum Gasteiger partial charge on any atom is 0.265 e. The van der Waals surface area contributed by atoms with Crippen LogP contribution >= 0.6 is 11.6 Å². The van der Waals surface area contributed by atoms with Crippen molar-refractivity contribution in [3.63, 3.8) is 0 Å². The predicted octanol–water partition coefficient (Wildman–Crippen LogP) is 4.53. The summed E-state index contributed by atoms with van der Waals surface area (Å²) in [4.78, 5) is 50.5. The number of carbonyl (C=O) groups is 2. The molecule has 0 spiro atoms. The van der Waals surface area contributed by atoms with Crippen LogP contribution in [0.15, 0.2) is 61.2 Å². The lowest BCUT2D eigenvalue weighted by molar-refractivity contribution is -0.122. The highest BCUT2D eigenvalue weighted by atomic mass is 35.5. The smallest absolute Gasteiger partial charge is 0.265 e. The molecule has 6 heterocycles. The fourth-order valence-corrected chi connectivity index (χ4v) is 7.63. The topological polar surface area (TPSA) is 148 Å². The van der Waals surface area contributed by atoms with Crippen LogP contribution in [-0.4, -0.2) is 134 Å². The Morgan fingerprint density at radius 3 is 1.83 bits per heavy atom. The zero-order valence-electron chi connectivity index (χ0n) is 32.1. The lowest BCUT2D eigenvalue weighted by Gasteiger charge is -2.31. The van der Waals surface area contributed by atoms with Crippen LogP contribution in [0.1, 0.15) is 18.4 Å². The van der Waals surface area contributed by atoms with Gasteiger partial charge in [-0.2, -0.15) is 0 Å². The van der Waals surface area contributed by atoms with Gasteiger partial charge in [0.05, 0.1) is 48.8 Å². The van der Waals surface area contributed by atoms with Gasteiger partial charge in [0.15, 0.2) is 13.2 Å². The molecule has 2 saturated heterocycles. The summed E-state index contributed by atoms with van der Waals surface area (Å²) in [6.45, 7) is 10.1. The molecule has 4 aliphatic rings. The normalized spacial score (nSPS) is 17.1. The Hall–Kier alpha value is -5.63. The van der Waals surface area contributed by atoms with Crippen molar-refractivity contribution >= 4 is 68.1 Å². The molecule has 0 atom stereocenters. The van der Waals surface area contributed by atoms with Crippen LogP contribution in [0.5, 0.6) is 11.5 Å². The largest absolute Gasteiger partial charge is 0.481 e. The third-order valence-corrected chi connectivity index (χ3v) is 10.8. The quantitative estimate of drug-likeness (QED) is 0.156. The SMILES string of the molecule is C#Cc1cccc(Nc2ncnc3cc4c(cc23)N(CCCN2CCOCC2)C(=O)CO4)c1.O=C1COc2cc3ncnc(Cl)c3cc2N1CCCN1CCOCC1. The van der Waals surface area contributed by atoms with Crippen LogP contribution in [0.2, 0.25) is 5.15 Å². The lowest BCUT2D eigenvalue weighted by atomic mass is 10.1. The minimum atomic E-state index is -0.0445. The second kappa shape index (κ2) is 18.3. The molecule has 0 unspecified atom stereocenters. The molecular weight excluding hydrogens is 762 g/mol. The summed E-state index contributed by atoms with van der Waals surface area (Å²) in [5.41, 5.74) is 4.54. The van der Waals surface area contributed by atoms with E-state index in [4.69, 9.17) is 37.0 Å². The molecular formula is C42H44ClN9O6. The predicted molar refractivity (Wildman–Crippen MR) is 221 cm³/mol. The average Bonchev–Trinajstić information content (AvgIpc) is 3.25. The summed E-state index contributed by atoms with van der Waals surface area (Å²) in [6.07, 6.45) is 10.2. The molecule has 0 bridgehead atoms. The van der Waals surface area contributed by atoms with Crippen molar-refractivity contribution in [2.45, 2.75) is 12.8 Å². The van der Waals surface area contributed by atoms with E-state index in [1.165, 1.54) is 12.7 Å². The van der Waals surface area contributed by atoms with Gasteiger partial charge in [0.25, 0.3) is 11.8 Å². The van der Waals surface area contributed by atoms with Gasteiger partial charge in [-0.05, 0) is 43.2 Å². The molecule has 2 aromatic heterocycles. The highest BCUT2D eigenvalue weighted by Crippen LogP contribution is 2.39. The van der Waals surface area contributed by atoms with Gasteiger partial charge in [0.2, 0.25) is 0 Å². The van der Waals surface area contributed by atoms with Crippen LogP contribution in [-0.2, 0) is 19.1 Å². The number of amides is 2. The molecule has 0 saturated carbocycles. The van der Waals surface area contributed by atoms with Crippen molar-refractivity contribution in [2.75, 3.05) is 107 Å². The van der Waals surface area contributed by atoms with Crippen molar-refractivity contribution < 1.29 is 28.5 Å². The van der Waals surface area contributed by atoms with E-state index in [1.54, 1.807) is 4.90 Å². The summed E-state index contributed by atoms with van der Waals surface area (Å²) in [6, 6.07) is 15.1. The number of terminal acetylenes is 1. The van der Waals surface area contributed by atoms with Crippen LogP contribution < -0.4 is 24.6 Å². The number of anilines is 4. The molecule has 2 amide bonds. The van der Waals surface area contributed by atoms with Gasteiger partial charge >= 0.3 is 0 Å². The first-order valence-corrected chi connectivity index (χ1v) is 19.8.